The lowest BCUT2D eigenvalue weighted by atomic mass is 10.3. The van der Waals surface area contributed by atoms with Crippen molar-refractivity contribution in [2.75, 3.05) is 6.54 Å². The van der Waals surface area contributed by atoms with Crippen LogP contribution in [0.25, 0.3) is 11.0 Å². The van der Waals surface area contributed by atoms with Gasteiger partial charge in [-0.3, -0.25) is 4.40 Å². The SMILES string of the molecule is Cc1nc2scc(C)n2c1C=CCN. The van der Waals surface area contributed by atoms with Crippen LogP contribution < -0.4 is 5.73 Å². The third kappa shape index (κ3) is 1.36. The van der Waals surface area contributed by atoms with Gasteiger partial charge in [0.25, 0.3) is 0 Å². The molecule has 3 nitrogen and oxygen atoms in total. The molecule has 0 amide bonds. The van der Waals surface area contributed by atoms with E-state index in [1.165, 1.54) is 5.69 Å². The van der Waals surface area contributed by atoms with E-state index in [2.05, 4.69) is 21.7 Å². The van der Waals surface area contributed by atoms with Crippen LogP contribution >= 0.6 is 11.3 Å². The van der Waals surface area contributed by atoms with Crippen molar-refractivity contribution in [1.82, 2.24) is 9.38 Å². The molecule has 0 atom stereocenters. The molecule has 2 aromatic rings. The zero-order valence-electron chi connectivity index (χ0n) is 8.32. The van der Waals surface area contributed by atoms with E-state index < -0.39 is 0 Å². The average molecular weight is 207 g/mol. The van der Waals surface area contributed by atoms with E-state index in [4.69, 9.17) is 5.73 Å². The van der Waals surface area contributed by atoms with Gasteiger partial charge < -0.3 is 5.73 Å². The summed E-state index contributed by atoms with van der Waals surface area (Å²) in [6.45, 7) is 4.68. The summed E-state index contributed by atoms with van der Waals surface area (Å²) in [5, 5.41) is 2.11. The first kappa shape index (κ1) is 9.43. The van der Waals surface area contributed by atoms with Gasteiger partial charge in [-0.1, -0.05) is 6.08 Å². The van der Waals surface area contributed by atoms with Crippen LogP contribution in [0.1, 0.15) is 17.1 Å². The van der Waals surface area contributed by atoms with Crippen molar-refractivity contribution >= 4 is 22.4 Å². The van der Waals surface area contributed by atoms with E-state index in [0.717, 1.165) is 16.3 Å². The summed E-state index contributed by atoms with van der Waals surface area (Å²) in [7, 11) is 0. The Morgan fingerprint density at radius 3 is 3.07 bits per heavy atom. The number of fused-ring (bicyclic) bond motifs is 1. The number of nitrogens with two attached hydrogens (primary N) is 1. The van der Waals surface area contributed by atoms with Crippen LogP contribution in [0.5, 0.6) is 0 Å². The molecule has 2 aromatic heterocycles. The Morgan fingerprint density at radius 1 is 1.57 bits per heavy atom. The van der Waals surface area contributed by atoms with E-state index in [1.807, 2.05) is 19.1 Å². The zero-order chi connectivity index (χ0) is 10.1. The molecule has 0 unspecified atom stereocenters. The smallest absolute Gasteiger partial charge is 0.194 e. The maximum absolute atomic E-state index is 5.44. The van der Waals surface area contributed by atoms with Gasteiger partial charge in [-0.2, -0.15) is 0 Å². The van der Waals surface area contributed by atoms with Gasteiger partial charge in [-0.05, 0) is 19.9 Å². The van der Waals surface area contributed by atoms with Crippen LogP contribution in [-0.2, 0) is 0 Å². The van der Waals surface area contributed by atoms with E-state index in [-0.39, 0.29) is 0 Å². The van der Waals surface area contributed by atoms with E-state index >= 15 is 0 Å². The minimum Gasteiger partial charge on any atom is -0.327 e. The van der Waals surface area contributed by atoms with Gasteiger partial charge in [0.2, 0.25) is 0 Å². The lowest BCUT2D eigenvalue weighted by molar-refractivity contribution is 1.11. The summed E-state index contributed by atoms with van der Waals surface area (Å²) < 4.78 is 2.16. The van der Waals surface area contributed by atoms with Crippen LogP contribution in [0.3, 0.4) is 0 Å². The molecule has 74 valence electrons. The highest BCUT2D eigenvalue weighted by Gasteiger charge is 2.08. The molecule has 2 heterocycles. The molecule has 2 rings (SSSR count). The van der Waals surface area contributed by atoms with E-state index in [0.29, 0.717) is 6.54 Å². The molecule has 0 aliphatic carbocycles. The third-order valence-corrected chi connectivity index (χ3v) is 3.11. The fraction of sp³-hybridized carbons (Fsp3) is 0.300. The minimum atomic E-state index is 0.565. The molecule has 0 aliphatic rings. The third-order valence-electron chi connectivity index (χ3n) is 2.17. The van der Waals surface area contributed by atoms with Crippen LogP contribution in [0.15, 0.2) is 11.5 Å². The van der Waals surface area contributed by atoms with Gasteiger partial charge >= 0.3 is 0 Å². The van der Waals surface area contributed by atoms with Crippen molar-refractivity contribution in [2.24, 2.45) is 5.73 Å². The number of rotatable bonds is 2. The molecule has 0 fully saturated rings. The predicted molar refractivity (Wildman–Crippen MR) is 60.6 cm³/mol. The van der Waals surface area contributed by atoms with Gasteiger partial charge in [0, 0.05) is 17.6 Å². The maximum atomic E-state index is 5.44. The molecule has 0 spiro atoms. The molecule has 0 aromatic carbocycles. The monoisotopic (exact) mass is 207 g/mol. The Hall–Kier alpha value is -1.13. The number of hydrogen-bond donors (Lipinski definition) is 1. The van der Waals surface area contributed by atoms with Crippen LogP contribution in [0.2, 0.25) is 0 Å². The zero-order valence-corrected chi connectivity index (χ0v) is 9.14. The van der Waals surface area contributed by atoms with Gasteiger partial charge in [-0.25, -0.2) is 4.98 Å². The lowest BCUT2D eigenvalue weighted by Gasteiger charge is -1.95. The molecule has 2 N–H and O–H groups in total. The number of hydrogen-bond acceptors (Lipinski definition) is 3. The molecule has 0 saturated heterocycles. The molecular formula is C10H13N3S. The summed E-state index contributed by atoms with van der Waals surface area (Å²) in [6.07, 6.45) is 3.99. The minimum absolute atomic E-state index is 0.565. The highest BCUT2D eigenvalue weighted by molar-refractivity contribution is 7.15. The predicted octanol–water partition coefficient (Wildman–Crippen LogP) is 1.98. The quantitative estimate of drug-likeness (QED) is 0.818. The number of nitrogens with zero attached hydrogens (tertiary/aromatic N) is 2. The summed E-state index contributed by atoms with van der Waals surface area (Å²) in [5.74, 6) is 0. The number of thiazole rings is 1. The molecule has 0 radical (unpaired) electrons. The van der Waals surface area contributed by atoms with Gasteiger partial charge in [0.05, 0.1) is 11.4 Å². The summed E-state index contributed by atoms with van der Waals surface area (Å²) in [5.41, 5.74) is 8.87. The van der Waals surface area contributed by atoms with Crippen LogP contribution in [0, 0.1) is 13.8 Å². The standard InChI is InChI=1S/C10H13N3S/c1-7-6-14-10-12-8(2)9(13(7)10)4-3-5-11/h3-4,6H,5,11H2,1-2H3. The molecule has 14 heavy (non-hydrogen) atoms. The van der Waals surface area contributed by atoms with Crippen LogP contribution in [0.4, 0.5) is 0 Å². The molecule has 0 aliphatic heterocycles. The summed E-state index contributed by atoms with van der Waals surface area (Å²) in [4.78, 5) is 5.53. The second-order valence-corrected chi connectivity index (χ2v) is 4.05. The second kappa shape index (κ2) is 3.55. The first-order chi connectivity index (χ1) is 6.74. The van der Waals surface area contributed by atoms with Crippen LogP contribution in [-0.4, -0.2) is 15.9 Å². The topological polar surface area (TPSA) is 43.3 Å². The van der Waals surface area contributed by atoms with Crippen molar-refractivity contribution < 1.29 is 0 Å². The van der Waals surface area contributed by atoms with Gasteiger partial charge in [0.1, 0.15) is 0 Å². The van der Waals surface area contributed by atoms with E-state index in [9.17, 15) is 0 Å². The lowest BCUT2D eigenvalue weighted by Crippen LogP contribution is -1.94. The Balaban J connectivity index is 2.65. The number of aromatic nitrogens is 2. The number of aryl methyl sites for hydroxylation is 2. The summed E-state index contributed by atoms with van der Waals surface area (Å²) >= 11 is 1.67. The first-order valence-corrected chi connectivity index (χ1v) is 5.41. The highest BCUT2D eigenvalue weighted by Crippen LogP contribution is 2.21. The largest absolute Gasteiger partial charge is 0.327 e. The Kier molecular flexibility index (Phi) is 2.39. The molecule has 0 bridgehead atoms. The van der Waals surface area contributed by atoms with Gasteiger partial charge in [-0.15, -0.1) is 11.3 Å². The second-order valence-electron chi connectivity index (χ2n) is 3.22. The Labute approximate surface area is 86.9 Å². The Morgan fingerprint density at radius 2 is 2.36 bits per heavy atom. The van der Waals surface area contributed by atoms with Gasteiger partial charge in [0.15, 0.2) is 4.96 Å². The fourth-order valence-corrected chi connectivity index (χ4v) is 2.42. The first-order valence-electron chi connectivity index (χ1n) is 4.54. The average Bonchev–Trinajstić information content (AvgIpc) is 2.64. The molecular weight excluding hydrogens is 194 g/mol. The fourth-order valence-electron chi connectivity index (χ4n) is 1.50. The van der Waals surface area contributed by atoms with Crippen molar-refractivity contribution in [3.63, 3.8) is 0 Å². The maximum Gasteiger partial charge on any atom is 0.194 e. The Bertz CT molecular complexity index is 479. The highest BCUT2D eigenvalue weighted by atomic mass is 32.1. The van der Waals surface area contributed by atoms with Crippen molar-refractivity contribution in [1.29, 1.82) is 0 Å². The van der Waals surface area contributed by atoms with Crippen molar-refractivity contribution in [3.05, 3.63) is 28.5 Å². The van der Waals surface area contributed by atoms with E-state index in [1.54, 1.807) is 11.3 Å². The number of imidazole rings is 1. The molecule has 4 heteroatoms. The molecule has 0 saturated carbocycles. The van der Waals surface area contributed by atoms with Crippen molar-refractivity contribution in [3.8, 4) is 0 Å². The van der Waals surface area contributed by atoms with Crippen molar-refractivity contribution in [2.45, 2.75) is 13.8 Å². The normalized spacial score (nSPS) is 11.9. The summed E-state index contributed by atoms with van der Waals surface area (Å²) in [6, 6.07) is 0.